The Morgan fingerprint density at radius 2 is 2.35 bits per heavy atom. The van der Waals surface area contributed by atoms with Gasteiger partial charge in [0.1, 0.15) is 5.82 Å². The molecule has 2 unspecified atom stereocenters. The molecule has 1 aliphatic rings. The van der Waals surface area contributed by atoms with Crippen molar-refractivity contribution in [1.29, 1.82) is 0 Å². The Bertz CT molecular complexity index is 507. The molecule has 1 fully saturated rings. The Hall–Kier alpha value is -1.62. The van der Waals surface area contributed by atoms with Gasteiger partial charge in [0.25, 0.3) is 5.91 Å². The predicted molar refractivity (Wildman–Crippen MR) is 75.7 cm³/mol. The van der Waals surface area contributed by atoms with Crippen molar-refractivity contribution in [1.82, 2.24) is 5.32 Å². The number of nitrogens with one attached hydrogen (secondary N) is 1. The van der Waals surface area contributed by atoms with Crippen LogP contribution < -0.4 is 11.1 Å². The van der Waals surface area contributed by atoms with Gasteiger partial charge in [0, 0.05) is 5.69 Å². The molecular weight excluding hydrogens is 259 g/mol. The standard InChI is InChI=1S/C15H21FN2O2/c1-10-3-2-6-15(8-10,9-19)18-14(20)12-5-4-11(17)7-13(12)16/h4-5,7,10,19H,2-3,6,8-9,17H2,1H3,(H,18,20). The van der Waals surface area contributed by atoms with Gasteiger partial charge in [-0.25, -0.2) is 4.39 Å². The highest BCUT2D eigenvalue weighted by Crippen LogP contribution is 2.32. The zero-order valence-corrected chi connectivity index (χ0v) is 11.7. The highest BCUT2D eigenvalue weighted by Gasteiger charge is 2.36. The first-order valence-corrected chi connectivity index (χ1v) is 6.94. The van der Waals surface area contributed by atoms with Crippen LogP contribution in [0, 0.1) is 11.7 Å². The van der Waals surface area contributed by atoms with Gasteiger partial charge in [-0.1, -0.05) is 19.8 Å². The molecule has 0 saturated heterocycles. The number of nitrogen functional groups attached to an aromatic ring is 1. The summed E-state index contributed by atoms with van der Waals surface area (Å²) in [4.78, 5) is 12.2. The van der Waals surface area contributed by atoms with Gasteiger partial charge in [-0.15, -0.1) is 0 Å². The summed E-state index contributed by atoms with van der Waals surface area (Å²) in [6.45, 7) is 1.97. The molecule has 0 radical (unpaired) electrons. The molecule has 1 saturated carbocycles. The van der Waals surface area contributed by atoms with Crippen LogP contribution in [0.1, 0.15) is 43.0 Å². The van der Waals surface area contributed by atoms with Crippen LogP contribution >= 0.6 is 0 Å². The van der Waals surface area contributed by atoms with Crippen molar-refractivity contribution in [2.75, 3.05) is 12.3 Å². The topological polar surface area (TPSA) is 75.3 Å². The van der Waals surface area contributed by atoms with Crippen LogP contribution in [0.15, 0.2) is 18.2 Å². The predicted octanol–water partition coefficient (Wildman–Crippen LogP) is 2.08. The van der Waals surface area contributed by atoms with Crippen molar-refractivity contribution in [3.05, 3.63) is 29.6 Å². The smallest absolute Gasteiger partial charge is 0.254 e. The maximum Gasteiger partial charge on any atom is 0.254 e. The number of carbonyl (C=O) groups excluding carboxylic acids is 1. The Kier molecular flexibility index (Phi) is 4.28. The monoisotopic (exact) mass is 280 g/mol. The van der Waals surface area contributed by atoms with Gasteiger partial charge >= 0.3 is 0 Å². The molecule has 1 aliphatic carbocycles. The molecule has 1 aromatic rings. The van der Waals surface area contributed by atoms with Gasteiger partial charge in [-0.3, -0.25) is 4.79 Å². The quantitative estimate of drug-likeness (QED) is 0.742. The van der Waals surface area contributed by atoms with E-state index >= 15 is 0 Å². The first-order valence-electron chi connectivity index (χ1n) is 6.94. The summed E-state index contributed by atoms with van der Waals surface area (Å²) in [6.07, 6.45) is 3.47. The van der Waals surface area contributed by atoms with Crippen molar-refractivity contribution in [3.8, 4) is 0 Å². The van der Waals surface area contributed by atoms with Gasteiger partial charge in [0.05, 0.1) is 17.7 Å². The lowest BCUT2D eigenvalue weighted by molar-refractivity contribution is 0.0693. The molecule has 20 heavy (non-hydrogen) atoms. The Morgan fingerprint density at radius 3 is 2.95 bits per heavy atom. The van der Waals surface area contributed by atoms with Crippen LogP contribution in [0.2, 0.25) is 0 Å². The molecular formula is C15H21FN2O2. The van der Waals surface area contributed by atoms with Gasteiger partial charge in [-0.2, -0.15) is 0 Å². The first-order chi connectivity index (χ1) is 9.46. The summed E-state index contributed by atoms with van der Waals surface area (Å²) < 4.78 is 13.8. The van der Waals surface area contributed by atoms with Crippen LogP contribution in [-0.4, -0.2) is 23.2 Å². The lowest BCUT2D eigenvalue weighted by Gasteiger charge is -2.39. The average Bonchev–Trinajstić information content (AvgIpc) is 2.38. The first kappa shape index (κ1) is 14.8. The summed E-state index contributed by atoms with van der Waals surface area (Å²) in [5.41, 5.74) is 5.08. The van der Waals surface area contributed by atoms with E-state index in [1.807, 2.05) is 0 Å². The summed E-state index contributed by atoms with van der Waals surface area (Å²) in [6, 6.07) is 3.99. The zero-order chi connectivity index (χ0) is 14.8. The van der Waals surface area contributed by atoms with E-state index in [-0.39, 0.29) is 17.9 Å². The molecule has 1 aromatic carbocycles. The molecule has 4 nitrogen and oxygen atoms in total. The zero-order valence-electron chi connectivity index (χ0n) is 11.7. The Morgan fingerprint density at radius 1 is 1.60 bits per heavy atom. The van der Waals surface area contributed by atoms with Gasteiger partial charge in [-0.05, 0) is 37.0 Å². The number of anilines is 1. The maximum absolute atomic E-state index is 13.8. The summed E-state index contributed by atoms with van der Waals surface area (Å²) in [5, 5.41) is 12.5. The number of aliphatic hydroxyl groups excluding tert-OH is 1. The SMILES string of the molecule is CC1CCCC(CO)(NC(=O)c2ccc(N)cc2F)C1. The summed E-state index contributed by atoms with van der Waals surface area (Å²) in [5.74, 6) is -0.697. The fraction of sp³-hybridized carbons (Fsp3) is 0.533. The number of benzene rings is 1. The third-order valence-electron chi connectivity index (χ3n) is 4.01. The van der Waals surface area contributed by atoms with Crippen molar-refractivity contribution < 1.29 is 14.3 Å². The third-order valence-corrected chi connectivity index (χ3v) is 4.01. The van der Waals surface area contributed by atoms with Crippen molar-refractivity contribution in [2.45, 2.75) is 38.1 Å². The van der Waals surface area contributed by atoms with Crippen LogP contribution in [0.25, 0.3) is 0 Å². The molecule has 4 N–H and O–H groups in total. The molecule has 1 amide bonds. The number of aliphatic hydroxyl groups is 1. The van der Waals surface area contributed by atoms with Crippen LogP contribution in [-0.2, 0) is 0 Å². The van der Waals surface area contributed by atoms with E-state index < -0.39 is 17.3 Å². The van der Waals surface area contributed by atoms with E-state index in [9.17, 15) is 14.3 Å². The van der Waals surface area contributed by atoms with E-state index in [0.29, 0.717) is 12.3 Å². The van der Waals surface area contributed by atoms with E-state index in [1.165, 1.54) is 12.1 Å². The number of hydrogen-bond donors (Lipinski definition) is 3. The average molecular weight is 280 g/mol. The lowest BCUT2D eigenvalue weighted by Crippen LogP contribution is -2.54. The summed E-state index contributed by atoms with van der Waals surface area (Å²) >= 11 is 0. The molecule has 0 aliphatic heterocycles. The second-order valence-corrected chi connectivity index (χ2v) is 5.83. The largest absolute Gasteiger partial charge is 0.399 e. The normalized spacial score (nSPS) is 26.2. The van der Waals surface area contributed by atoms with E-state index in [2.05, 4.69) is 12.2 Å². The number of hydrogen-bond acceptors (Lipinski definition) is 3. The summed E-state index contributed by atoms with van der Waals surface area (Å²) in [7, 11) is 0. The van der Waals surface area contributed by atoms with Crippen molar-refractivity contribution >= 4 is 11.6 Å². The van der Waals surface area contributed by atoms with Gasteiger partial charge in [0.2, 0.25) is 0 Å². The van der Waals surface area contributed by atoms with E-state index in [1.54, 1.807) is 0 Å². The molecule has 0 heterocycles. The minimum absolute atomic E-state index is 0.0368. The van der Waals surface area contributed by atoms with Crippen LogP contribution in [0.3, 0.4) is 0 Å². The fourth-order valence-corrected chi connectivity index (χ4v) is 2.98. The van der Waals surface area contributed by atoms with Crippen molar-refractivity contribution in [3.63, 3.8) is 0 Å². The van der Waals surface area contributed by atoms with E-state index in [0.717, 1.165) is 25.3 Å². The van der Waals surface area contributed by atoms with Gasteiger partial charge in [0.15, 0.2) is 0 Å². The van der Waals surface area contributed by atoms with Crippen LogP contribution in [0.4, 0.5) is 10.1 Å². The second kappa shape index (κ2) is 5.79. The fourth-order valence-electron chi connectivity index (χ4n) is 2.98. The number of rotatable bonds is 3. The number of amides is 1. The molecule has 0 spiro atoms. The highest BCUT2D eigenvalue weighted by molar-refractivity contribution is 5.95. The highest BCUT2D eigenvalue weighted by atomic mass is 19.1. The molecule has 110 valence electrons. The minimum Gasteiger partial charge on any atom is -0.399 e. The molecule has 2 atom stereocenters. The van der Waals surface area contributed by atoms with E-state index in [4.69, 9.17) is 5.73 Å². The number of halogens is 1. The Labute approximate surface area is 118 Å². The van der Waals surface area contributed by atoms with Gasteiger partial charge < -0.3 is 16.2 Å². The second-order valence-electron chi connectivity index (χ2n) is 5.83. The van der Waals surface area contributed by atoms with Crippen LogP contribution in [0.5, 0.6) is 0 Å². The van der Waals surface area contributed by atoms with Crippen molar-refractivity contribution in [2.24, 2.45) is 5.92 Å². The lowest BCUT2D eigenvalue weighted by atomic mass is 9.76. The maximum atomic E-state index is 13.8. The third kappa shape index (κ3) is 3.10. The molecule has 2 rings (SSSR count). The number of carbonyl (C=O) groups is 1. The number of nitrogens with two attached hydrogens (primary N) is 1. The molecule has 0 aromatic heterocycles. The Balaban J connectivity index is 2.16. The molecule has 0 bridgehead atoms. The minimum atomic E-state index is -0.639. The molecule has 5 heteroatoms.